The van der Waals surface area contributed by atoms with Crippen molar-refractivity contribution in [2.45, 2.75) is 39.0 Å². The van der Waals surface area contributed by atoms with Crippen LogP contribution < -0.4 is 4.74 Å². The number of unbranched alkanes of at least 4 members (excludes halogenated alkanes) is 1. The predicted molar refractivity (Wildman–Crippen MR) is 82.4 cm³/mol. The van der Waals surface area contributed by atoms with Gasteiger partial charge in [-0.2, -0.15) is 5.26 Å². The predicted octanol–water partition coefficient (Wildman–Crippen LogP) is 5.29. The SMILES string of the molecule is CC(C)(C#N)CCCCOc1ccc(Br)cc1CCl. The van der Waals surface area contributed by atoms with Crippen molar-refractivity contribution in [3.8, 4) is 11.8 Å². The summed E-state index contributed by atoms with van der Waals surface area (Å²) in [5.74, 6) is 1.29. The Labute approximate surface area is 128 Å². The first-order chi connectivity index (χ1) is 8.98. The number of halogens is 2. The van der Waals surface area contributed by atoms with Crippen molar-refractivity contribution in [2.24, 2.45) is 5.41 Å². The molecule has 0 saturated heterocycles. The molecular weight excluding hydrogens is 326 g/mol. The number of hydrogen-bond donors (Lipinski definition) is 0. The molecule has 4 heteroatoms. The van der Waals surface area contributed by atoms with E-state index in [2.05, 4.69) is 22.0 Å². The van der Waals surface area contributed by atoms with Crippen molar-refractivity contribution in [3.63, 3.8) is 0 Å². The maximum atomic E-state index is 8.92. The molecule has 0 fully saturated rings. The first-order valence-corrected chi connectivity index (χ1v) is 7.70. The molecule has 0 atom stereocenters. The fraction of sp³-hybridized carbons (Fsp3) is 0.533. The van der Waals surface area contributed by atoms with Gasteiger partial charge < -0.3 is 4.74 Å². The Hall–Kier alpha value is -0.720. The topological polar surface area (TPSA) is 33.0 Å². The molecule has 0 heterocycles. The van der Waals surface area contributed by atoms with Gasteiger partial charge in [-0.25, -0.2) is 0 Å². The Bertz CT molecular complexity index is 454. The van der Waals surface area contributed by atoms with E-state index >= 15 is 0 Å². The maximum absolute atomic E-state index is 8.92. The first-order valence-electron chi connectivity index (χ1n) is 6.37. The zero-order valence-corrected chi connectivity index (χ0v) is 13.7. The van der Waals surface area contributed by atoms with E-state index in [0.29, 0.717) is 12.5 Å². The average molecular weight is 345 g/mol. The second-order valence-electron chi connectivity index (χ2n) is 5.19. The number of nitrogens with zero attached hydrogens (tertiary/aromatic N) is 1. The molecule has 0 aromatic heterocycles. The van der Waals surface area contributed by atoms with Crippen LogP contribution in [0.15, 0.2) is 22.7 Å². The average Bonchev–Trinajstić information content (AvgIpc) is 2.39. The number of nitriles is 1. The minimum atomic E-state index is -0.237. The highest BCUT2D eigenvalue weighted by Crippen LogP contribution is 2.25. The molecule has 0 amide bonds. The van der Waals surface area contributed by atoms with Crippen molar-refractivity contribution >= 4 is 27.5 Å². The van der Waals surface area contributed by atoms with Crippen molar-refractivity contribution < 1.29 is 4.74 Å². The van der Waals surface area contributed by atoms with E-state index in [9.17, 15) is 0 Å². The molecule has 0 spiro atoms. The summed E-state index contributed by atoms with van der Waals surface area (Å²) >= 11 is 9.30. The van der Waals surface area contributed by atoms with Gasteiger partial charge in [-0.3, -0.25) is 0 Å². The van der Waals surface area contributed by atoms with Gasteiger partial charge >= 0.3 is 0 Å². The van der Waals surface area contributed by atoms with E-state index in [4.69, 9.17) is 21.6 Å². The largest absolute Gasteiger partial charge is 0.493 e. The van der Waals surface area contributed by atoms with Crippen LogP contribution in [0.5, 0.6) is 5.75 Å². The molecule has 0 N–H and O–H groups in total. The Morgan fingerprint density at radius 1 is 1.37 bits per heavy atom. The van der Waals surface area contributed by atoms with Gasteiger partial charge in [-0.05, 0) is 51.3 Å². The molecule has 0 bridgehead atoms. The van der Waals surface area contributed by atoms with Crippen LogP contribution in [0.2, 0.25) is 0 Å². The van der Waals surface area contributed by atoms with Crippen LogP contribution in [0.25, 0.3) is 0 Å². The highest BCUT2D eigenvalue weighted by Gasteiger charge is 2.15. The van der Waals surface area contributed by atoms with E-state index < -0.39 is 0 Å². The Morgan fingerprint density at radius 3 is 2.74 bits per heavy atom. The molecule has 104 valence electrons. The molecule has 0 aliphatic carbocycles. The lowest BCUT2D eigenvalue weighted by Crippen LogP contribution is -2.08. The quantitative estimate of drug-likeness (QED) is 0.497. The summed E-state index contributed by atoms with van der Waals surface area (Å²) in [4.78, 5) is 0. The van der Waals surface area contributed by atoms with Crippen molar-refractivity contribution in [1.29, 1.82) is 5.26 Å². The third kappa shape index (κ3) is 5.84. The smallest absolute Gasteiger partial charge is 0.123 e. The zero-order chi connectivity index (χ0) is 14.3. The van der Waals surface area contributed by atoms with Gasteiger partial charge in [-0.15, -0.1) is 11.6 Å². The summed E-state index contributed by atoms with van der Waals surface area (Å²) < 4.78 is 6.75. The van der Waals surface area contributed by atoms with E-state index in [1.807, 2.05) is 32.0 Å². The summed E-state index contributed by atoms with van der Waals surface area (Å²) in [6.45, 7) is 4.59. The van der Waals surface area contributed by atoms with Gasteiger partial charge in [0.25, 0.3) is 0 Å². The first kappa shape index (κ1) is 16.3. The molecule has 1 rings (SSSR count). The summed E-state index contributed by atoms with van der Waals surface area (Å²) in [5, 5.41) is 8.92. The summed E-state index contributed by atoms with van der Waals surface area (Å²) in [6.07, 6.45) is 2.84. The standard InChI is InChI=1S/C15H19BrClNO/c1-15(2,11-18)7-3-4-8-19-14-6-5-13(16)9-12(14)10-17/h5-6,9H,3-4,7-8,10H2,1-2H3. The highest BCUT2D eigenvalue weighted by molar-refractivity contribution is 9.10. The van der Waals surface area contributed by atoms with E-state index in [0.717, 1.165) is 35.0 Å². The van der Waals surface area contributed by atoms with Crippen LogP contribution in [-0.2, 0) is 5.88 Å². The minimum absolute atomic E-state index is 0.237. The number of hydrogen-bond acceptors (Lipinski definition) is 2. The van der Waals surface area contributed by atoms with Crippen molar-refractivity contribution in [2.75, 3.05) is 6.61 Å². The molecule has 0 unspecified atom stereocenters. The molecule has 2 nitrogen and oxygen atoms in total. The van der Waals surface area contributed by atoms with Gasteiger partial charge in [0.15, 0.2) is 0 Å². The van der Waals surface area contributed by atoms with Crippen LogP contribution in [0.3, 0.4) is 0 Å². The summed E-state index contributed by atoms with van der Waals surface area (Å²) in [7, 11) is 0. The van der Waals surface area contributed by atoms with Crippen LogP contribution in [-0.4, -0.2) is 6.61 Å². The lowest BCUT2D eigenvalue weighted by atomic mass is 9.89. The van der Waals surface area contributed by atoms with E-state index in [1.165, 1.54) is 0 Å². The van der Waals surface area contributed by atoms with E-state index in [-0.39, 0.29) is 5.41 Å². The number of ether oxygens (including phenoxy) is 1. The summed E-state index contributed by atoms with van der Waals surface area (Å²) in [6, 6.07) is 8.16. The second kappa shape index (κ2) is 7.77. The van der Waals surface area contributed by atoms with Crippen molar-refractivity contribution in [3.05, 3.63) is 28.2 Å². The van der Waals surface area contributed by atoms with Crippen LogP contribution in [0, 0.1) is 16.7 Å². The Morgan fingerprint density at radius 2 is 2.11 bits per heavy atom. The van der Waals surface area contributed by atoms with Crippen LogP contribution in [0.1, 0.15) is 38.7 Å². The molecule has 0 saturated carbocycles. The van der Waals surface area contributed by atoms with E-state index in [1.54, 1.807) is 0 Å². The highest BCUT2D eigenvalue weighted by atomic mass is 79.9. The summed E-state index contributed by atoms with van der Waals surface area (Å²) in [5.41, 5.74) is 0.757. The molecule has 1 aromatic rings. The normalized spacial score (nSPS) is 11.1. The third-order valence-corrected chi connectivity index (χ3v) is 3.70. The number of rotatable bonds is 7. The van der Waals surface area contributed by atoms with Gasteiger partial charge in [0, 0.05) is 10.0 Å². The van der Waals surface area contributed by atoms with Crippen molar-refractivity contribution in [1.82, 2.24) is 0 Å². The second-order valence-corrected chi connectivity index (χ2v) is 6.37. The van der Waals surface area contributed by atoms with Crippen LogP contribution in [0.4, 0.5) is 0 Å². The molecule has 0 radical (unpaired) electrons. The molecular formula is C15H19BrClNO. The number of alkyl halides is 1. The molecule has 0 aliphatic rings. The molecule has 1 aromatic carbocycles. The fourth-order valence-electron chi connectivity index (χ4n) is 1.70. The lowest BCUT2D eigenvalue weighted by Gasteiger charge is -2.15. The van der Waals surface area contributed by atoms with Gasteiger partial charge in [0.1, 0.15) is 5.75 Å². The van der Waals surface area contributed by atoms with Gasteiger partial charge in [-0.1, -0.05) is 15.9 Å². The zero-order valence-electron chi connectivity index (χ0n) is 11.4. The minimum Gasteiger partial charge on any atom is -0.493 e. The number of benzene rings is 1. The fourth-order valence-corrected chi connectivity index (χ4v) is 2.32. The molecule has 0 aliphatic heterocycles. The maximum Gasteiger partial charge on any atom is 0.123 e. The lowest BCUT2D eigenvalue weighted by molar-refractivity contribution is 0.293. The van der Waals surface area contributed by atoms with Gasteiger partial charge in [0.2, 0.25) is 0 Å². The van der Waals surface area contributed by atoms with Gasteiger partial charge in [0.05, 0.1) is 24.0 Å². The van der Waals surface area contributed by atoms with Crippen LogP contribution >= 0.6 is 27.5 Å². The molecule has 19 heavy (non-hydrogen) atoms. The Balaban J connectivity index is 2.36. The monoisotopic (exact) mass is 343 g/mol. The third-order valence-electron chi connectivity index (χ3n) is 2.92. The Kier molecular flexibility index (Phi) is 6.68.